The van der Waals surface area contributed by atoms with E-state index in [1.54, 1.807) is 19.1 Å². The largest absolute Gasteiger partial charge is 0.383 e. The fraction of sp³-hybridized carbons (Fsp3) is 0.385. The maximum Gasteiger partial charge on any atom is 0.126 e. The summed E-state index contributed by atoms with van der Waals surface area (Å²) in [5, 5.41) is 14.3. The summed E-state index contributed by atoms with van der Waals surface area (Å²) in [5.74, 6) is -0.126. The molecule has 1 atom stereocenters. The number of aryl methyl sites for hydroxylation is 1. The Balaban J connectivity index is 2.38. The van der Waals surface area contributed by atoms with Gasteiger partial charge >= 0.3 is 0 Å². The van der Waals surface area contributed by atoms with Crippen LogP contribution in [0.1, 0.15) is 47.6 Å². The lowest BCUT2D eigenvalue weighted by molar-refractivity contribution is 0.222. The molecular formula is C13H15FN2OS. The molecule has 2 rings (SSSR count). The Hall–Kier alpha value is -1.33. The summed E-state index contributed by atoms with van der Waals surface area (Å²) in [7, 11) is 0. The third-order valence-corrected chi connectivity index (χ3v) is 3.64. The van der Waals surface area contributed by atoms with Crippen molar-refractivity contribution in [3.05, 3.63) is 45.7 Å². The highest BCUT2D eigenvalue weighted by atomic mass is 32.1. The van der Waals surface area contributed by atoms with Gasteiger partial charge in [0.1, 0.15) is 11.9 Å². The molecule has 3 nitrogen and oxygen atoms in total. The lowest BCUT2D eigenvalue weighted by atomic mass is 10.0. The van der Waals surface area contributed by atoms with Gasteiger partial charge in [0.25, 0.3) is 0 Å². The van der Waals surface area contributed by atoms with Crippen LogP contribution in [0.2, 0.25) is 0 Å². The summed E-state index contributed by atoms with van der Waals surface area (Å²) in [6.07, 6.45) is -0.863. The molecular weight excluding hydrogens is 251 g/mol. The zero-order chi connectivity index (χ0) is 13.3. The third-order valence-electron chi connectivity index (χ3n) is 2.85. The van der Waals surface area contributed by atoms with Crippen molar-refractivity contribution in [1.82, 2.24) is 9.59 Å². The van der Waals surface area contributed by atoms with E-state index < -0.39 is 6.10 Å². The highest BCUT2D eigenvalue weighted by Crippen LogP contribution is 2.31. The second kappa shape index (κ2) is 5.12. The molecule has 1 aromatic carbocycles. The van der Waals surface area contributed by atoms with Gasteiger partial charge in [-0.2, -0.15) is 0 Å². The van der Waals surface area contributed by atoms with Crippen molar-refractivity contribution in [2.75, 3.05) is 0 Å². The summed E-state index contributed by atoms with van der Waals surface area (Å²) in [6.45, 7) is 5.67. The number of hydrogen-bond donors (Lipinski definition) is 1. The van der Waals surface area contributed by atoms with Gasteiger partial charge in [0.15, 0.2) is 0 Å². The standard InChI is InChI=1S/C13H15FN2OS/c1-7(2)11-13(18-16-15-11)12(17)9-5-4-8(3)10(14)6-9/h4-7,12,17H,1-3H3. The van der Waals surface area contributed by atoms with E-state index in [-0.39, 0.29) is 11.7 Å². The van der Waals surface area contributed by atoms with Crippen molar-refractivity contribution in [2.45, 2.75) is 32.8 Å². The molecule has 0 spiro atoms. The molecule has 1 N–H and O–H groups in total. The Kier molecular flexibility index (Phi) is 3.73. The number of aliphatic hydroxyl groups is 1. The van der Waals surface area contributed by atoms with Gasteiger partial charge in [0.2, 0.25) is 0 Å². The molecule has 0 aliphatic heterocycles. The SMILES string of the molecule is Cc1ccc(C(O)c2snnc2C(C)C)cc1F. The minimum absolute atomic E-state index is 0.184. The molecule has 0 amide bonds. The average Bonchev–Trinajstić information content (AvgIpc) is 2.81. The van der Waals surface area contributed by atoms with Crippen molar-refractivity contribution in [2.24, 2.45) is 0 Å². The van der Waals surface area contributed by atoms with Gasteiger partial charge < -0.3 is 5.11 Å². The predicted molar refractivity (Wildman–Crippen MR) is 69.2 cm³/mol. The summed E-state index contributed by atoms with van der Waals surface area (Å²) >= 11 is 1.16. The molecule has 0 aliphatic carbocycles. The second-order valence-electron chi connectivity index (χ2n) is 4.59. The van der Waals surface area contributed by atoms with E-state index in [1.165, 1.54) is 6.07 Å². The molecule has 1 heterocycles. The van der Waals surface area contributed by atoms with Crippen LogP contribution in [0.4, 0.5) is 4.39 Å². The van der Waals surface area contributed by atoms with Crippen molar-refractivity contribution in [1.29, 1.82) is 0 Å². The number of benzene rings is 1. The number of hydrogen-bond acceptors (Lipinski definition) is 4. The molecule has 0 saturated carbocycles. The minimum Gasteiger partial charge on any atom is -0.383 e. The highest BCUT2D eigenvalue weighted by molar-refractivity contribution is 7.05. The summed E-state index contributed by atoms with van der Waals surface area (Å²) in [5.41, 5.74) is 1.87. The molecule has 0 radical (unpaired) electrons. The fourth-order valence-electron chi connectivity index (χ4n) is 1.72. The van der Waals surface area contributed by atoms with E-state index in [9.17, 15) is 9.50 Å². The lowest BCUT2D eigenvalue weighted by Crippen LogP contribution is -2.03. The predicted octanol–water partition coefficient (Wildman–Crippen LogP) is 3.19. The number of nitrogens with zero attached hydrogens (tertiary/aromatic N) is 2. The summed E-state index contributed by atoms with van der Waals surface area (Å²) < 4.78 is 17.4. The van der Waals surface area contributed by atoms with Gasteiger partial charge in [-0.15, -0.1) is 5.10 Å². The zero-order valence-electron chi connectivity index (χ0n) is 10.5. The first-order valence-corrected chi connectivity index (χ1v) is 6.54. The lowest BCUT2D eigenvalue weighted by Gasteiger charge is -2.12. The molecule has 0 fully saturated rings. The Morgan fingerprint density at radius 2 is 2.06 bits per heavy atom. The van der Waals surface area contributed by atoms with Crippen LogP contribution in [-0.2, 0) is 0 Å². The van der Waals surface area contributed by atoms with Crippen molar-refractivity contribution in [3.8, 4) is 0 Å². The first-order chi connectivity index (χ1) is 8.50. The molecule has 2 aromatic rings. The molecule has 1 aromatic heterocycles. The van der Waals surface area contributed by atoms with E-state index in [1.807, 2.05) is 13.8 Å². The van der Waals surface area contributed by atoms with Crippen LogP contribution in [0, 0.1) is 12.7 Å². The van der Waals surface area contributed by atoms with Crippen molar-refractivity contribution in [3.63, 3.8) is 0 Å². The topological polar surface area (TPSA) is 46.0 Å². The first kappa shape index (κ1) is 13.1. The fourth-order valence-corrected chi connectivity index (χ4v) is 2.55. The van der Waals surface area contributed by atoms with Crippen LogP contribution < -0.4 is 0 Å². The molecule has 1 unspecified atom stereocenters. The Bertz CT molecular complexity index is 554. The van der Waals surface area contributed by atoms with Gasteiger partial charge in [-0.05, 0) is 41.6 Å². The van der Waals surface area contributed by atoms with E-state index >= 15 is 0 Å². The second-order valence-corrected chi connectivity index (χ2v) is 5.37. The van der Waals surface area contributed by atoms with Gasteiger partial charge in [-0.25, -0.2) is 4.39 Å². The van der Waals surface area contributed by atoms with Crippen molar-refractivity contribution < 1.29 is 9.50 Å². The van der Waals surface area contributed by atoms with E-state index in [0.717, 1.165) is 17.2 Å². The van der Waals surface area contributed by atoms with Crippen LogP contribution in [0.5, 0.6) is 0 Å². The number of aromatic nitrogens is 2. The van der Waals surface area contributed by atoms with E-state index in [2.05, 4.69) is 9.59 Å². The summed E-state index contributed by atoms with van der Waals surface area (Å²) in [4.78, 5) is 0.688. The zero-order valence-corrected chi connectivity index (χ0v) is 11.3. The maximum absolute atomic E-state index is 13.5. The first-order valence-electron chi connectivity index (χ1n) is 5.77. The van der Waals surface area contributed by atoms with Crippen LogP contribution >= 0.6 is 11.5 Å². The maximum atomic E-state index is 13.5. The quantitative estimate of drug-likeness (QED) is 0.928. The van der Waals surface area contributed by atoms with Crippen LogP contribution in [0.25, 0.3) is 0 Å². The van der Waals surface area contributed by atoms with E-state index in [4.69, 9.17) is 0 Å². The molecule has 18 heavy (non-hydrogen) atoms. The Labute approximate surface area is 109 Å². The third kappa shape index (κ3) is 2.42. The average molecular weight is 266 g/mol. The number of rotatable bonds is 3. The summed E-state index contributed by atoms with van der Waals surface area (Å²) in [6, 6.07) is 4.76. The number of aliphatic hydroxyl groups excluding tert-OH is 1. The van der Waals surface area contributed by atoms with Gasteiger partial charge in [0, 0.05) is 0 Å². The molecule has 0 aliphatic rings. The van der Waals surface area contributed by atoms with Gasteiger partial charge in [-0.1, -0.05) is 30.5 Å². The van der Waals surface area contributed by atoms with Gasteiger partial charge in [-0.3, -0.25) is 0 Å². The van der Waals surface area contributed by atoms with E-state index in [0.29, 0.717) is 16.0 Å². The molecule has 0 bridgehead atoms. The highest BCUT2D eigenvalue weighted by Gasteiger charge is 2.21. The minimum atomic E-state index is -0.863. The normalized spacial score (nSPS) is 13.0. The smallest absolute Gasteiger partial charge is 0.126 e. The Morgan fingerprint density at radius 3 is 2.67 bits per heavy atom. The monoisotopic (exact) mass is 266 g/mol. The Morgan fingerprint density at radius 1 is 1.33 bits per heavy atom. The number of halogens is 1. The van der Waals surface area contributed by atoms with Crippen molar-refractivity contribution >= 4 is 11.5 Å². The molecule has 5 heteroatoms. The molecule has 96 valence electrons. The molecule has 0 saturated heterocycles. The van der Waals surface area contributed by atoms with Gasteiger partial charge in [0.05, 0.1) is 10.6 Å². The van der Waals surface area contributed by atoms with Crippen LogP contribution in [0.3, 0.4) is 0 Å². The van der Waals surface area contributed by atoms with Crippen LogP contribution in [-0.4, -0.2) is 14.7 Å². The van der Waals surface area contributed by atoms with Crippen LogP contribution in [0.15, 0.2) is 18.2 Å².